The summed E-state index contributed by atoms with van der Waals surface area (Å²) in [5.74, 6) is 2.39. The molecular formula is C7H7NOS. The number of nitrogens with zero attached hydrogens (tertiary/aromatic N) is 1. The van der Waals surface area contributed by atoms with Gasteiger partial charge in [0.15, 0.2) is 0 Å². The number of aliphatic hydroxyl groups is 1. The molecule has 0 saturated carbocycles. The summed E-state index contributed by atoms with van der Waals surface area (Å²) in [7, 11) is 0. The molecule has 0 aromatic carbocycles. The Kier molecular flexibility index (Phi) is 2.05. The highest BCUT2D eigenvalue weighted by Gasteiger charge is 2.04. The van der Waals surface area contributed by atoms with Crippen molar-refractivity contribution < 1.29 is 5.11 Å². The van der Waals surface area contributed by atoms with E-state index in [1.165, 1.54) is 11.3 Å². The summed E-state index contributed by atoms with van der Waals surface area (Å²) >= 11 is 1.38. The molecule has 1 aromatic heterocycles. The van der Waals surface area contributed by atoms with E-state index in [0.717, 1.165) is 0 Å². The van der Waals surface area contributed by atoms with Gasteiger partial charge >= 0.3 is 0 Å². The lowest BCUT2D eigenvalue weighted by molar-refractivity contribution is 0.198. The van der Waals surface area contributed by atoms with E-state index in [0.29, 0.717) is 10.7 Å². The van der Waals surface area contributed by atoms with Crippen LogP contribution in [0.4, 0.5) is 0 Å². The molecule has 52 valence electrons. The molecule has 1 atom stereocenters. The fourth-order valence-corrected chi connectivity index (χ4v) is 1.25. The third kappa shape index (κ3) is 1.35. The van der Waals surface area contributed by atoms with Crippen LogP contribution in [0.3, 0.4) is 0 Å². The Balaban J connectivity index is 2.91. The molecule has 1 rings (SSSR count). The van der Waals surface area contributed by atoms with Crippen LogP contribution in [0.25, 0.3) is 0 Å². The highest BCUT2D eigenvalue weighted by Crippen LogP contribution is 2.16. The third-order valence-electron chi connectivity index (χ3n) is 1.03. The van der Waals surface area contributed by atoms with Gasteiger partial charge in [-0.1, -0.05) is 0 Å². The van der Waals surface area contributed by atoms with Crippen LogP contribution in [-0.2, 0) is 0 Å². The van der Waals surface area contributed by atoms with E-state index >= 15 is 0 Å². The van der Waals surface area contributed by atoms with Crippen LogP contribution in [-0.4, -0.2) is 10.1 Å². The van der Waals surface area contributed by atoms with E-state index < -0.39 is 6.10 Å². The van der Waals surface area contributed by atoms with E-state index in [9.17, 15) is 0 Å². The Morgan fingerprint density at radius 3 is 2.90 bits per heavy atom. The average Bonchev–Trinajstić information content (AvgIpc) is 2.34. The first kappa shape index (κ1) is 7.26. The Hall–Kier alpha value is -0.850. The van der Waals surface area contributed by atoms with Crippen molar-refractivity contribution in [3.05, 3.63) is 16.1 Å². The summed E-state index contributed by atoms with van der Waals surface area (Å²) in [6, 6.07) is 0. The zero-order chi connectivity index (χ0) is 7.56. The predicted octanol–water partition coefficient (Wildman–Crippen LogP) is 1.18. The molecule has 3 heteroatoms. The molecule has 0 aliphatic rings. The van der Waals surface area contributed by atoms with Crippen LogP contribution in [0.1, 0.15) is 23.7 Å². The average molecular weight is 153 g/mol. The number of hydrogen-bond donors (Lipinski definition) is 1. The largest absolute Gasteiger partial charge is 0.386 e. The normalized spacial score (nSPS) is 12.5. The molecule has 0 aliphatic carbocycles. The minimum Gasteiger partial charge on any atom is -0.386 e. The molecule has 0 unspecified atom stereocenters. The van der Waals surface area contributed by atoms with Crippen LogP contribution < -0.4 is 0 Å². The van der Waals surface area contributed by atoms with Gasteiger partial charge in [0, 0.05) is 5.38 Å². The van der Waals surface area contributed by atoms with Gasteiger partial charge in [-0.25, -0.2) is 4.98 Å². The van der Waals surface area contributed by atoms with E-state index in [1.807, 2.05) is 0 Å². The fourth-order valence-electron chi connectivity index (χ4n) is 0.546. The molecule has 1 heterocycles. The Morgan fingerprint density at radius 2 is 2.60 bits per heavy atom. The number of thiazole rings is 1. The monoisotopic (exact) mass is 153 g/mol. The van der Waals surface area contributed by atoms with Gasteiger partial charge in [-0.15, -0.1) is 17.8 Å². The van der Waals surface area contributed by atoms with Crippen molar-refractivity contribution >= 4 is 11.3 Å². The zero-order valence-electron chi connectivity index (χ0n) is 5.53. The summed E-state index contributed by atoms with van der Waals surface area (Å²) < 4.78 is 0. The molecule has 0 aliphatic heterocycles. The molecule has 10 heavy (non-hydrogen) atoms. The van der Waals surface area contributed by atoms with Crippen LogP contribution in [0.2, 0.25) is 0 Å². The maximum Gasteiger partial charge on any atom is 0.124 e. The third-order valence-corrected chi connectivity index (χ3v) is 2.04. The molecule has 0 fully saturated rings. The highest BCUT2D eigenvalue weighted by molar-refractivity contribution is 7.09. The molecular weight excluding hydrogens is 146 g/mol. The van der Waals surface area contributed by atoms with Crippen LogP contribution >= 0.6 is 11.3 Å². The fraction of sp³-hybridized carbons (Fsp3) is 0.286. The van der Waals surface area contributed by atoms with Crippen molar-refractivity contribution in [1.82, 2.24) is 4.98 Å². The molecule has 0 radical (unpaired) electrons. The van der Waals surface area contributed by atoms with E-state index in [2.05, 4.69) is 10.9 Å². The maximum absolute atomic E-state index is 9.01. The number of aromatic nitrogens is 1. The highest BCUT2D eigenvalue weighted by atomic mass is 32.1. The second-order valence-corrected chi connectivity index (χ2v) is 2.78. The van der Waals surface area contributed by atoms with Crippen LogP contribution in [0, 0.1) is 12.3 Å². The summed E-state index contributed by atoms with van der Waals surface area (Å²) in [6.45, 7) is 1.67. The van der Waals surface area contributed by atoms with Crippen molar-refractivity contribution in [3.8, 4) is 12.3 Å². The van der Waals surface area contributed by atoms with E-state index in [-0.39, 0.29) is 0 Å². The SMILES string of the molecule is C#Cc1csc([C@H](C)O)n1. The quantitative estimate of drug-likeness (QED) is 0.614. The first-order chi connectivity index (χ1) is 4.74. The van der Waals surface area contributed by atoms with Gasteiger partial charge < -0.3 is 5.11 Å². The van der Waals surface area contributed by atoms with Crippen molar-refractivity contribution in [2.24, 2.45) is 0 Å². The second kappa shape index (κ2) is 2.82. The second-order valence-electron chi connectivity index (χ2n) is 1.89. The lowest BCUT2D eigenvalue weighted by Crippen LogP contribution is -1.88. The zero-order valence-corrected chi connectivity index (χ0v) is 6.35. The Bertz CT molecular complexity index is 259. The van der Waals surface area contributed by atoms with Gasteiger partial charge in [0.05, 0.1) is 0 Å². The summed E-state index contributed by atoms with van der Waals surface area (Å²) in [4.78, 5) is 3.96. The molecule has 0 bridgehead atoms. The van der Waals surface area contributed by atoms with E-state index in [1.54, 1.807) is 12.3 Å². The van der Waals surface area contributed by atoms with Gasteiger partial charge in [-0.3, -0.25) is 0 Å². The summed E-state index contributed by atoms with van der Waals surface area (Å²) in [5.41, 5.74) is 0.598. The molecule has 0 amide bonds. The first-order valence-corrected chi connectivity index (χ1v) is 3.72. The molecule has 2 nitrogen and oxygen atoms in total. The van der Waals surface area contributed by atoms with E-state index in [4.69, 9.17) is 11.5 Å². The molecule has 1 aromatic rings. The molecule has 0 saturated heterocycles. The lowest BCUT2D eigenvalue weighted by Gasteiger charge is -1.93. The van der Waals surface area contributed by atoms with Crippen molar-refractivity contribution in [2.45, 2.75) is 13.0 Å². The number of rotatable bonds is 1. The van der Waals surface area contributed by atoms with Gasteiger partial charge in [0.2, 0.25) is 0 Å². The maximum atomic E-state index is 9.01. The van der Waals surface area contributed by atoms with Gasteiger partial charge in [0.25, 0.3) is 0 Å². The number of terminal acetylenes is 1. The number of aliphatic hydroxyl groups excluding tert-OH is 1. The van der Waals surface area contributed by atoms with Crippen molar-refractivity contribution in [2.75, 3.05) is 0 Å². The minimum atomic E-state index is -0.507. The van der Waals surface area contributed by atoms with Gasteiger partial charge in [0.1, 0.15) is 16.8 Å². The lowest BCUT2D eigenvalue weighted by atomic mass is 10.4. The smallest absolute Gasteiger partial charge is 0.124 e. The Morgan fingerprint density at radius 1 is 1.90 bits per heavy atom. The summed E-state index contributed by atoms with van der Waals surface area (Å²) in [5, 5.41) is 11.4. The van der Waals surface area contributed by atoms with Gasteiger partial charge in [-0.05, 0) is 12.8 Å². The van der Waals surface area contributed by atoms with Crippen molar-refractivity contribution in [3.63, 3.8) is 0 Å². The predicted molar refractivity (Wildman–Crippen MR) is 40.7 cm³/mol. The minimum absolute atomic E-state index is 0.507. The Labute approximate surface area is 63.5 Å². The van der Waals surface area contributed by atoms with Crippen LogP contribution in [0.15, 0.2) is 5.38 Å². The van der Waals surface area contributed by atoms with Gasteiger partial charge in [-0.2, -0.15) is 0 Å². The number of hydrogen-bond acceptors (Lipinski definition) is 3. The summed E-state index contributed by atoms with van der Waals surface area (Å²) in [6.07, 6.45) is 4.57. The molecule has 1 N–H and O–H groups in total. The van der Waals surface area contributed by atoms with Crippen LogP contribution in [0.5, 0.6) is 0 Å². The standard InChI is InChI=1S/C7H7NOS/c1-3-6-4-10-7(8-6)5(2)9/h1,4-5,9H,2H3/t5-/m0/s1. The topological polar surface area (TPSA) is 33.1 Å². The molecule has 0 spiro atoms. The van der Waals surface area contributed by atoms with Crippen molar-refractivity contribution in [1.29, 1.82) is 0 Å². The first-order valence-electron chi connectivity index (χ1n) is 2.84.